The number of rotatable bonds is 5. The van der Waals surface area contributed by atoms with Gasteiger partial charge in [-0.1, -0.05) is 6.07 Å². The second kappa shape index (κ2) is 5.53. The number of hydrogen-bond acceptors (Lipinski definition) is 5. The molecule has 6 nitrogen and oxygen atoms in total. The predicted molar refractivity (Wildman–Crippen MR) is 79.3 cm³/mol. The molecule has 0 bridgehead atoms. The Morgan fingerprint density at radius 1 is 1.52 bits per heavy atom. The molecule has 114 valence electrons. The van der Waals surface area contributed by atoms with Crippen LogP contribution in [0.25, 0.3) is 0 Å². The van der Waals surface area contributed by atoms with E-state index in [1.54, 1.807) is 11.6 Å². The predicted octanol–water partition coefficient (Wildman–Crippen LogP) is 1.27. The lowest BCUT2D eigenvalue weighted by Gasteiger charge is -2.37. The van der Waals surface area contributed by atoms with E-state index in [0.717, 1.165) is 4.88 Å². The van der Waals surface area contributed by atoms with Gasteiger partial charge in [0.25, 0.3) is 10.0 Å². The Balaban J connectivity index is 1.84. The maximum absolute atomic E-state index is 12.4. The van der Waals surface area contributed by atoms with Crippen molar-refractivity contribution in [2.45, 2.75) is 30.0 Å². The van der Waals surface area contributed by atoms with E-state index >= 15 is 0 Å². The number of imidazole rings is 1. The normalized spacial score (nSPS) is 23.7. The lowest BCUT2D eigenvalue weighted by molar-refractivity contribution is 0.0285. The molecule has 1 aliphatic rings. The van der Waals surface area contributed by atoms with Crippen LogP contribution in [0.1, 0.15) is 23.8 Å². The van der Waals surface area contributed by atoms with Gasteiger partial charge < -0.3 is 9.67 Å². The number of aryl methyl sites for hydroxylation is 1. The minimum absolute atomic E-state index is 0.0198. The number of sulfonamides is 1. The van der Waals surface area contributed by atoms with E-state index in [-0.39, 0.29) is 23.1 Å². The van der Waals surface area contributed by atoms with E-state index in [0.29, 0.717) is 12.8 Å². The Morgan fingerprint density at radius 2 is 2.29 bits per heavy atom. The third-order valence-electron chi connectivity index (χ3n) is 3.71. The van der Waals surface area contributed by atoms with E-state index in [1.807, 2.05) is 17.5 Å². The molecule has 0 aromatic carbocycles. The highest BCUT2D eigenvalue weighted by Crippen LogP contribution is 2.40. The van der Waals surface area contributed by atoms with Crippen LogP contribution in [0.4, 0.5) is 0 Å². The largest absolute Gasteiger partial charge is 0.393 e. The molecule has 0 saturated heterocycles. The summed E-state index contributed by atoms with van der Waals surface area (Å²) in [4.78, 5) is 4.87. The summed E-state index contributed by atoms with van der Waals surface area (Å²) in [6.45, 7) is 0. The summed E-state index contributed by atoms with van der Waals surface area (Å²) >= 11 is 1.52. The number of aromatic nitrogens is 2. The van der Waals surface area contributed by atoms with Crippen LogP contribution in [-0.2, 0) is 17.1 Å². The molecule has 0 radical (unpaired) electrons. The van der Waals surface area contributed by atoms with Gasteiger partial charge in [0, 0.05) is 18.1 Å². The van der Waals surface area contributed by atoms with Crippen LogP contribution in [0.2, 0.25) is 0 Å². The van der Waals surface area contributed by atoms with Gasteiger partial charge in [-0.2, -0.15) is 0 Å². The zero-order valence-electron chi connectivity index (χ0n) is 11.5. The minimum atomic E-state index is -3.66. The molecule has 0 amide bonds. The van der Waals surface area contributed by atoms with Crippen molar-refractivity contribution in [2.24, 2.45) is 13.0 Å². The lowest BCUT2D eigenvalue weighted by Crippen LogP contribution is -2.41. The molecule has 0 unspecified atom stereocenters. The first kappa shape index (κ1) is 14.7. The fraction of sp³-hybridized carbons (Fsp3) is 0.462. The van der Waals surface area contributed by atoms with Crippen LogP contribution in [0.5, 0.6) is 0 Å². The smallest absolute Gasteiger partial charge is 0.260 e. The quantitative estimate of drug-likeness (QED) is 0.866. The molecule has 0 aliphatic heterocycles. The number of aliphatic hydroxyl groups is 1. The van der Waals surface area contributed by atoms with Crippen LogP contribution in [0, 0.1) is 5.92 Å². The molecular formula is C13H17N3O3S2. The summed E-state index contributed by atoms with van der Waals surface area (Å²) in [6.07, 6.45) is 3.85. The topological polar surface area (TPSA) is 84.2 Å². The minimum Gasteiger partial charge on any atom is -0.393 e. The van der Waals surface area contributed by atoms with Gasteiger partial charge >= 0.3 is 0 Å². The van der Waals surface area contributed by atoms with Crippen molar-refractivity contribution >= 4 is 21.4 Å². The first-order chi connectivity index (χ1) is 9.95. The van der Waals surface area contributed by atoms with Crippen molar-refractivity contribution in [2.75, 3.05) is 0 Å². The molecule has 1 aliphatic carbocycles. The van der Waals surface area contributed by atoms with Crippen molar-refractivity contribution in [1.82, 2.24) is 14.3 Å². The number of nitrogens with zero attached hydrogens (tertiary/aromatic N) is 2. The summed E-state index contributed by atoms with van der Waals surface area (Å²) in [5.74, 6) is 0.122. The van der Waals surface area contributed by atoms with E-state index < -0.39 is 10.0 Å². The van der Waals surface area contributed by atoms with Crippen molar-refractivity contribution < 1.29 is 13.5 Å². The summed E-state index contributed by atoms with van der Waals surface area (Å²) in [5, 5.41) is 11.4. The van der Waals surface area contributed by atoms with Gasteiger partial charge in [0.15, 0.2) is 5.03 Å². The van der Waals surface area contributed by atoms with Crippen LogP contribution in [0.3, 0.4) is 0 Å². The van der Waals surface area contributed by atoms with Crippen LogP contribution in [-0.4, -0.2) is 29.2 Å². The van der Waals surface area contributed by atoms with Crippen molar-refractivity contribution in [1.29, 1.82) is 0 Å². The Bertz CT molecular complexity index is 703. The number of hydrogen-bond donors (Lipinski definition) is 2. The maximum atomic E-state index is 12.4. The van der Waals surface area contributed by atoms with Gasteiger partial charge in [-0.05, 0) is 30.2 Å². The Kier molecular flexibility index (Phi) is 3.87. The van der Waals surface area contributed by atoms with Crippen molar-refractivity contribution in [3.05, 3.63) is 34.9 Å². The molecule has 1 fully saturated rings. The molecule has 2 aromatic rings. The lowest BCUT2D eigenvalue weighted by atomic mass is 9.77. The third kappa shape index (κ3) is 3.03. The highest BCUT2D eigenvalue weighted by molar-refractivity contribution is 7.89. The highest BCUT2D eigenvalue weighted by atomic mass is 32.2. The molecule has 0 spiro atoms. The summed E-state index contributed by atoms with van der Waals surface area (Å²) in [6, 6.07) is 3.51. The van der Waals surface area contributed by atoms with Gasteiger partial charge in [-0.3, -0.25) is 0 Å². The fourth-order valence-electron chi connectivity index (χ4n) is 2.51. The van der Waals surface area contributed by atoms with Gasteiger partial charge in [0.05, 0.1) is 18.5 Å². The van der Waals surface area contributed by atoms with E-state index in [1.165, 1.54) is 23.9 Å². The zero-order valence-corrected chi connectivity index (χ0v) is 13.1. The Hall–Kier alpha value is -1.22. The van der Waals surface area contributed by atoms with Crippen LogP contribution in [0.15, 0.2) is 35.1 Å². The molecule has 8 heteroatoms. The molecule has 2 N–H and O–H groups in total. The molecular weight excluding hydrogens is 310 g/mol. The summed E-state index contributed by atoms with van der Waals surface area (Å²) in [5.41, 5.74) is 0. The molecule has 2 heterocycles. The molecule has 1 saturated carbocycles. The Morgan fingerprint density at radius 3 is 2.81 bits per heavy atom. The van der Waals surface area contributed by atoms with E-state index in [4.69, 9.17) is 0 Å². The molecule has 1 atom stereocenters. The van der Waals surface area contributed by atoms with Gasteiger partial charge in [0.2, 0.25) is 0 Å². The average molecular weight is 327 g/mol. The Labute approximate surface area is 127 Å². The van der Waals surface area contributed by atoms with E-state index in [2.05, 4.69) is 9.71 Å². The monoisotopic (exact) mass is 327 g/mol. The number of nitrogens with one attached hydrogen (secondary N) is 1. The maximum Gasteiger partial charge on any atom is 0.260 e. The van der Waals surface area contributed by atoms with Gasteiger partial charge in [-0.25, -0.2) is 18.1 Å². The third-order valence-corrected chi connectivity index (χ3v) is 5.99. The summed E-state index contributed by atoms with van der Waals surface area (Å²) in [7, 11) is -1.93. The zero-order chi connectivity index (χ0) is 15.0. The van der Waals surface area contributed by atoms with Crippen LogP contribution < -0.4 is 4.72 Å². The standard InChI is InChI=1S/C13H17N3O3S2/c1-16-7-12(14-8-16)21(18,19)15-13(9-5-10(17)6-9)11-3-2-4-20-11/h2-4,7-10,13,15,17H,5-6H2,1H3/t9?,10?,13-/m1/s1. The SMILES string of the molecule is Cn1cnc(S(=O)(=O)N[C@@H](c2cccs2)C2CC(O)C2)c1. The second-order valence-electron chi connectivity index (χ2n) is 5.38. The van der Waals surface area contributed by atoms with Gasteiger partial charge in [0.1, 0.15) is 0 Å². The number of thiophene rings is 1. The summed E-state index contributed by atoms with van der Waals surface area (Å²) < 4.78 is 29.2. The molecule has 21 heavy (non-hydrogen) atoms. The molecule has 2 aromatic heterocycles. The van der Waals surface area contributed by atoms with Gasteiger partial charge in [-0.15, -0.1) is 11.3 Å². The first-order valence-electron chi connectivity index (χ1n) is 6.67. The van der Waals surface area contributed by atoms with Crippen molar-refractivity contribution in [3.63, 3.8) is 0 Å². The van der Waals surface area contributed by atoms with E-state index in [9.17, 15) is 13.5 Å². The van der Waals surface area contributed by atoms with Crippen molar-refractivity contribution in [3.8, 4) is 0 Å². The first-order valence-corrected chi connectivity index (χ1v) is 9.04. The number of aliphatic hydroxyl groups excluding tert-OH is 1. The molecule has 3 rings (SSSR count). The van der Waals surface area contributed by atoms with Crippen LogP contribution >= 0.6 is 11.3 Å². The second-order valence-corrected chi connectivity index (χ2v) is 8.02. The average Bonchev–Trinajstić information content (AvgIpc) is 3.03. The highest BCUT2D eigenvalue weighted by Gasteiger charge is 2.38. The fourth-order valence-corrected chi connectivity index (χ4v) is 4.72.